The van der Waals surface area contributed by atoms with Crippen molar-refractivity contribution in [2.45, 2.75) is 296 Å². The molecular weight excluding hydrogens is 767 g/mol. The lowest BCUT2D eigenvalue weighted by molar-refractivity contribution is -0.143. The first-order valence-corrected chi connectivity index (χ1v) is 27.2. The topological polar surface area (TPSA) is 95.9 Å². The van der Waals surface area contributed by atoms with Crippen LogP contribution >= 0.6 is 0 Å². The van der Waals surface area contributed by atoms with Crippen molar-refractivity contribution in [1.82, 2.24) is 5.32 Å². The summed E-state index contributed by atoms with van der Waals surface area (Å²) in [5.41, 5.74) is 0. The maximum absolute atomic E-state index is 12.5. The number of hydrogen-bond donors (Lipinski definition) is 3. The largest absolute Gasteiger partial charge is 0.466 e. The SMILES string of the molecule is CCCCC/C=C\C/C=C\CCCCCCCC(=O)OCCCCCCCC/C=C\CCCCCC(=O)NC(CO)C(O)CCCCCCCCCCCCCCCCCCC. The van der Waals surface area contributed by atoms with Crippen LogP contribution in [0.2, 0.25) is 0 Å². The highest BCUT2D eigenvalue weighted by Gasteiger charge is 2.20. The van der Waals surface area contributed by atoms with Gasteiger partial charge in [0.15, 0.2) is 0 Å². The van der Waals surface area contributed by atoms with Gasteiger partial charge in [-0.3, -0.25) is 9.59 Å². The average molecular weight is 872 g/mol. The summed E-state index contributed by atoms with van der Waals surface area (Å²) < 4.78 is 5.45. The van der Waals surface area contributed by atoms with E-state index < -0.39 is 12.1 Å². The zero-order chi connectivity index (χ0) is 45.1. The lowest BCUT2D eigenvalue weighted by atomic mass is 10.0. The van der Waals surface area contributed by atoms with Gasteiger partial charge in [0.25, 0.3) is 0 Å². The maximum atomic E-state index is 12.5. The van der Waals surface area contributed by atoms with Crippen LogP contribution in [0.4, 0.5) is 0 Å². The highest BCUT2D eigenvalue weighted by molar-refractivity contribution is 5.76. The summed E-state index contributed by atoms with van der Waals surface area (Å²) >= 11 is 0. The molecule has 0 rings (SSSR count). The monoisotopic (exact) mass is 872 g/mol. The Kier molecular flexibility index (Phi) is 50.1. The van der Waals surface area contributed by atoms with Crippen LogP contribution in [0.5, 0.6) is 0 Å². The van der Waals surface area contributed by atoms with Crippen LogP contribution in [0, 0.1) is 0 Å². The van der Waals surface area contributed by atoms with Crippen molar-refractivity contribution in [3.8, 4) is 0 Å². The molecule has 6 nitrogen and oxygen atoms in total. The van der Waals surface area contributed by atoms with Crippen LogP contribution in [-0.2, 0) is 14.3 Å². The van der Waals surface area contributed by atoms with Gasteiger partial charge in [0.05, 0.1) is 25.4 Å². The van der Waals surface area contributed by atoms with Gasteiger partial charge in [-0.05, 0) is 83.5 Å². The number of ether oxygens (including phenoxy) is 1. The number of rotatable bonds is 50. The van der Waals surface area contributed by atoms with Crippen LogP contribution in [0.3, 0.4) is 0 Å². The molecule has 0 bridgehead atoms. The fourth-order valence-electron chi connectivity index (χ4n) is 8.19. The fraction of sp³-hybridized carbons (Fsp3) is 0.857. The van der Waals surface area contributed by atoms with Gasteiger partial charge in [0.2, 0.25) is 5.91 Å². The third-order valence-corrected chi connectivity index (χ3v) is 12.4. The third-order valence-electron chi connectivity index (χ3n) is 12.4. The van der Waals surface area contributed by atoms with E-state index >= 15 is 0 Å². The van der Waals surface area contributed by atoms with Crippen LogP contribution in [0.1, 0.15) is 284 Å². The summed E-state index contributed by atoms with van der Waals surface area (Å²) in [4.78, 5) is 24.5. The molecule has 62 heavy (non-hydrogen) atoms. The van der Waals surface area contributed by atoms with Gasteiger partial charge in [-0.15, -0.1) is 0 Å². The maximum Gasteiger partial charge on any atom is 0.305 e. The predicted octanol–water partition coefficient (Wildman–Crippen LogP) is 16.5. The molecule has 3 N–H and O–H groups in total. The number of aliphatic hydroxyl groups is 2. The van der Waals surface area contributed by atoms with Crippen LogP contribution < -0.4 is 5.32 Å². The van der Waals surface area contributed by atoms with E-state index in [4.69, 9.17) is 4.74 Å². The van der Waals surface area contributed by atoms with E-state index in [1.165, 1.54) is 167 Å². The molecule has 0 radical (unpaired) electrons. The van der Waals surface area contributed by atoms with E-state index in [2.05, 4.69) is 55.6 Å². The predicted molar refractivity (Wildman–Crippen MR) is 269 cm³/mol. The van der Waals surface area contributed by atoms with Crippen molar-refractivity contribution in [3.05, 3.63) is 36.5 Å². The molecule has 0 saturated heterocycles. The first kappa shape index (κ1) is 60.1. The first-order valence-electron chi connectivity index (χ1n) is 27.2. The molecule has 6 heteroatoms. The van der Waals surface area contributed by atoms with E-state index in [1.54, 1.807) is 0 Å². The zero-order valence-corrected chi connectivity index (χ0v) is 41.4. The number of aliphatic hydroxyl groups excluding tert-OH is 2. The Labute approximate surface area is 385 Å². The second-order valence-electron chi connectivity index (χ2n) is 18.6. The molecule has 0 aliphatic heterocycles. The fourth-order valence-corrected chi connectivity index (χ4v) is 8.19. The molecule has 364 valence electrons. The minimum atomic E-state index is -0.682. The van der Waals surface area contributed by atoms with Gasteiger partial charge in [-0.25, -0.2) is 0 Å². The number of nitrogens with one attached hydrogen (secondary N) is 1. The minimum absolute atomic E-state index is 0.0267. The first-order chi connectivity index (χ1) is 30.5. The minimum Gasteiger partial charge on any atom is -0.466 e. The van der Waals surface area contributed by atoms with E-state index in [-0.39, 0.29) is 18.5 Å². The number of carbonyl (C=O) groups excluding carboxylic acids is 2. The second kappa shape index (κ2) is 51.7. The summed E-state index contributed by atoms with van der Waals surface area (Å²) in [6, 6.07) is -0.563. The van der Waals surface area contributed by atoms with E-state index in [0.29, 0.717) is 25.9 Å². The third kappa shape index (κ3) is 47.6. The molecular formula is C56H105NO5. The van der Waals surface area contributed by atoms with Crippen molar-refractivity contribution in [2.24, 2.45) is 0 Å². The molecule has 0 aliphatic rings. The number of esters is 1. The number of amides is 1. The van der Waals surface area contributed by atoms with Crippen LogP contribution in [0.15, 0.2) is 36.5 Å². The molecule has 0 heterocycles. The smallest absolute Gasteiger partial charge is 0.305 e. The van der Waals surface area contributed by atoms with Crippen molar-refractivity contribution < 1.29 is 24.5 Å². The molecule has 0 aliphatic carbocycles. The normalized spacial score (nSPS) is 12.9. The second-order valence-corrected chi connectivity index (χ2v) is 18.6. The zero-order valence-electron chi connectivity index (χ0n) is 41.4. The Morgan fingerprint density at radius 3 is 1.29 bits per heavy atom. The number of carbonyl (C=O) groups is 2. The van der Waals surface area contributed by atoms with Crippen molar-refractivity contribution >= 4 is 11.9 Å². The summed E-state index contributed by atoms with van der Waals surface area (Å²) in [6.07, 6.45) is 62.6. The lowest BCUT2D eigenvalue weighted by Gasteiger charge is -2.22. The van der Waals surface area contributed by atoms with Crippen molar-refractivity contribution in [2.75, 3.05) is 13.2 Å². The summed E-state index contributed by atoms with van der Waals surface area (Å²) in [6.45, 7) is 4.88. The molecule has 0 saturated carbocycles. The molecule has 0 aromatic heterocycles. The number of allylic oxidation sites excluding steroid dienone is 6. The van der Waals surface area contributed by atoms with E-state index in [1.807, 2.05) is 0 Å². The van der Waals surface area contributed by atoms with Gasteiger partial charge in [-0.1, -0.05) is 224 Å². The Morgan fingerprint density at radius 2 is 0.806 bits per heavy atom. The van der Waals surface area contributed by atoms with E-state index in [9.17, 15) is 19.8 Å². The lowest BCUT2D eigenvalue weighted by Crippen LogP contribution is -2.45. The van der Waals surface area contributed by atoms with Gasteiger partial charge < -0.3 is 20.3 Å². The molecule has 1 amide bonds. The summed E-state index contributed by atoms with van der Waals surface area (Å²) in [5, 5.41) is 23.2. The molecule has 0 fully saturated rings. The van der Waals surface area contributed by atoms with Gasteiger partial charge in [0.1, 0.15) is 0 Å². The van der Waals surface area contributed by atoms with Crippen molar-refractivity contribution in [3.63, 3.8) is 0 Å². The summed E-state index contributed by atoms with van der Waals surface area (Å²) in [7, 11) is 0. The highest BCUT2D eigenvalue weighted by Crippen LogP contribution is 2.16. The quantitative estimate of drug-likeness (QED) is 0.0321. The Morgan fingerprint density at radius 1 is 0.452 bits per heavy atom. The van der Waals surface area contributed by atoms with Crippen LogP contribution in [-0.4, -0.2) is 47.4 Å². The molecule has 0 spiro atoms. The van der Waals surface area contributed by atoms with Gasteiger partial charge >= 0.3 is 5.97 Å². The number of hydrogen-bond acceptors (Lipinski definition) is 5. The molecule has 0 aromatic carbocycles. The van der Waals surface area contributed by atoms with Gasteiger partial charge in [0, 0.05) is 12.8 Å². The Bertz CT molecular complexity index is 1010. The summed E-state index contributed by atoms with van der Waals surface area (Å²) in [5.74, 6) is -0.0916. The number of unbranched alkanes of at least 4 members (excludes halogenated alkanes) is 33. The molecule has 0 aromatic rings. The van der Waals surface area contributed by atoms with E-state index in [0.717, 1.165) is 83.5 Å². The standard InChI is InChI=1S/C56H105NO5/c1-3-5-7-9-11-13-15-17-19-20-22-24-28-32-36-40-44-48-54(59)53(52-58)57-55(60)49-45-41-37-33-29-25-23-27-31-35-39-43-47-51-62-56(61)50-46-42-38-34-30-26-21-18-16-14-12-10-8-6-4-2/h12,14,18,21,25,29,53-54,58-59H,3-11,13,15-17,19-20,22-24,26-28,30-52H2,1-2H3,(H,57,60)/b14-12-,21-18-,29-25-. The van der Waals surface area contributed by atoms with Crippen LogP contribution in [0.25, 0.3) is 0 Å². The molecule has 2 unspecified atom stereocenters. The Balaban J connectivity index is 3.51. The average Bonchev–Trinajstić information content (AvgIpc) is 3.27. The van der Waals surface area contributed by atoms with Gasteiger partial charge in [-0.2, -0.15) is 0 Å². The highest BCUT2D eigenvalue weighted by atomic mass is 16.5. The van der Waals surface area contributed by atoms with Crippen molar-refractivity contribution in [1.29, 1.82) is 0 Å². The Hall–Kier alpha value is -1.92. The molecule has 2 atom stereocenters.